The molecule has 2 rings (SSSR count). The number of hydrogen-bond acceptors (Lipinski definition) is 3. The lowest BCUT2D eigenvalue weighted by molar-refractivity contribution is 0.0986. The summed E-state index contributed by atoms with van der Waals surface area (Å²) in [6.45, 7) is 0.294. The van der Waals surface area contributed by atoms with E-state index in [2.05, 4.69) is 0 Å². The van der Waals surface area contributed by atoms with Crippen molar-refractivity contribution in [2.45, 2.75) is 6.54 Å². The molecule has 0 saturated carbocycles. The summed E-state index contributed by atoms with van der Waals surface area (Å²) in [7, 11) is 2.99. The van der Waals surface area contributed by atoms with Crippen molar-refractivity contribution < 1.29 is 13.9 Å². The van der Waals surface area contributed by atoms with Crippen molar-refractivity contribution in [1.29, 1.82) is 0 Å². The van der Waals surface area contributed by atoms with Gasteiger partial charge in [-0.25, -0.2) is 4.39 Å². The normalized spacial score (nSPS) is 10.3. The monoisotopic (exact) mass is 288 g/mol. The van der Waals surface area contributed by atoms with E-state index in [-0.39, 0.29) is 11.3 Å². The molecule has 2 aromatic rings. The molecule has 1 amide bonds. The highest BCUT2D eigenvalue weighted by atomic mass is 19.1. The van der Waals surface area contributed by atoms with E-state index < -0.39 is 11.7 Å². The number of ether oxygens (including phenoxy) is 1. The Balaban J connectivity index is 2.45. The largest absolute Gasteiger partial charge is 0.496 e. The Kier molecular flexibility index (Phi) is 4.55. The van der Waals surface area contributed by atoms with E-state index in [1.165, 1.54) is 24.1 Å². The van der Waals surface area contributed by atoms with Crippen LogP contribution in [0, 0.1) is 5.82 Å². The minimum absolute atomic E-state index is 0.0886. The van der Waals surface area contributed by atoms with Crippen LogP contribution < -0.4 is 15.4 Å². The second-order valence-electron chi connectivity index (χ2n) is 4.51. The van der Waals surface area contributed by atoms with Gasteiger partial charge in [-0.3, -0.25) is 4.79 Å². The highest BCUT2D eigenvalue weighted by Gasteiger charge is 2.23. The number of methoxy groups -OCH3 is 1. The number of carbonyl (C=O) groups is 1. The molecule has 0 unspecified atom stereocenters. The molecule has 0 aliphatic heterocycles. The smallest absolute Gasteiger partial charge is 0.264 e. The number of amides is 1. The molecule has 0 radical (unpaired) electrons. The van der Waals surface area contributed by atoms with Crippen LogP contribution in [0.15, 0.2) is 42.5 Å². The van der Waals surface area contributed by atoms with E-state index in [1.54, 1.807) is 25.2 Å². The number of anilines is 1. The molecule has 2 aromatic carbocycles. The number of hydrogen-bond donors (Lipinski definition) is 1. The topological polar surface area (TPSA) is 55.6 Å². The fraction of sp³-hybridized carbons (Fsp3) is 0.188. The fourth-order valence-corrected chi connectivity index (χ4v) is 2.17. The summed E-state index contributed by atoms with van der Waals surface area (Å²) in [6.07, 6.45) is 0. The fourth-order valence-electron chi connectivity index (χ4n) is 2.17. The molecular weight excluding hydrogens is 271 g/mol. The van der Waals surface area contributed by atoms with Gasteiger partial charge in [0.1, 0.15) is 17.1 Å². The van der Waals surface area contributed by atoms with Crippen LogP contribution in [0.2, 0.25) is 0 Å². The first-order valence-electron chi connectivity index (χ1n) is 6.48. The van der Waals surface area contributed by atoms with Gasteiger partial charge in [0.2, 0.25) is 0 Å². The third kappa shape index (κ3) is 2.87. The number of nitrogens with zero attached hydrogens (tertiary/aromatic N) is 1. The van der Waals surface area contributed by atoms with Crippen molar-refractivity contribution in [2.24, 2.45) is 5.73 Å². The number of halogens is 1. The van der Waals surface area contributed by atoms with Gasteiger partial charge in [-0.2, -0.15) is 0 Å². The molecule has 110 valence electrons. The quantitative estimate of drug-likeness (QED) is 0.940. The second-order valence-corrected chi connectivity index (χ2v) is 4.51. The van der Waals surface area contributed by atoms with Gasteiger partial charge in [0.15, 0.2) is 0 Å². The highest BCUT2D eigenvalue weighted by molar-refractivity contribution is 6.08. The van der Waals surface area contributed by atoms with Crippen molar-refractivity contribution in [3.05, 3.63) is 59.4 Å². The molecule has 0 saturated heterocycles. The first-order valence-corrected chi connectivity index (χ1v) is 6.48. The molecule has 4 nitrogen and oxygen atoms in total. The highest BCUT2D eigenvalue weighted by Crippen LogP contribution is 2.26. The molecule has 0 aromatic heterocycles. The molecule has 0 spiro atoms. The molecule has 0 atom stereocenters. The Morgan fingerprint density at radius 2 is 1.95 bits per heavy atom. The van der Waals surface area contributed by atoms with E-state index in [4.69, 9.17) is 10.5 Å². The summed E-state index contributed by atoms with van der Waals surface area (Å²) < 4.78 is 19.1. The number of nitrogens with two attached hydrogens (primary N) is 1. The van der Waals surface area contributed by atoms with Gasteiger partial charge in [-0.05, 0) is 23.8 Å². The minimum Gasteiger partial charge on any atom is -0.496 e. The summed E-state index contributed by atoms with van der Waals surface area (Å²) in [4.78, 5) is 14.0. The Morgan fingerprint density at radius 3 is 2.62 bits per heavy atom. The Labute approximate surface area is 122 Å². The van der Waals surface area contributed by atoms with Crippen LogP contribution in [0.1, 0.15) is 15.9 Å². The minimum atomic E-state index is -0.614. The number of rotatable bonds is 4. The van der Waals surface area contributed by atoms with Crippen LogP contribution >= 0.6 is 0 Å². The van der Waals surface area contributed by atoms with Crippen molar-refractivity contribution in [3.8, 4) is 5.75 Å². The van der Waals surface area contributed by atoms with Gasteiger partial charge >= 0.3 is 0 Å². The Hall–Kier alpha value is -2.40. The zero-order valence-corrected chi connectivity index (χ0v) is 12.0. The van der Waals surface area contributed by atoms with Gasteiger partial charge in [0, 0.05) is 19.3 Å². The van der Waals surface area contributed by atoms with E-state index in [0.717, 1.165) is 5.56 Å². The van der Waals surface area contributed by atoms with E-state index in [1.807, 2.05) is 12.1 Å². The first kappa shape index (κ1) is 15.0. The predicted octanol–water partition coefficient (Wildman–Crippen LogP) is 2.57. The van der Waals surface area contributed by atoms with Crippen LogP contribution in [0.4, 0.5) is 10.1 Å². The maximum Gasteiger partial charge on any atom is 0.264 e. The summed E-state index contributed by atoms with van der Waals surface area (Å²) in [5.74, 6) is -0.889. The lowest BCUT2D eigenvalue weighted by Gasteiger charge is -2.21. The number of benzene rings is 2. The molecular formula is C16H17FN2O2. The molecule has 0 aliphatic carbocycles. The van der Waals surface area contributed by atoms with E-state index in [0.29, 0.717) is 12.2 Å². The summed E-state index contributed by atoms with van der Waals surface area (Å²) in [5, 5.41) is 0. The molecule has 2 N–H and O–H groups in total. The van der Waals surface area contributed by atoms with Gasteiger partial charge in [0.05, 0.1) is 7.11 Å². The zero-order valence-electron chi connectivity index (χ0n) is 12.0. The van der Waals surface area contributed by atoms with Crippen LogP contribution in [0.3, 0.4) is 0 Å². The number of carbonyl (C=O) groups excluding carboxylic acids is 1. The van der Waals surface area contributed by atoms with Crippen molar-refractivity contribution in [1.82, 2.24) is 0 Å². The maximum atomic E-state index is 14.0. The van der Waals surface area contributed by atoms with E-state index in [9.17, 15) is 9.18 Å². The molecule has 0 heterocycles. The second kappa shape index (κ2) is 6.37. The van der Waals surface area contributed by atoms with Gasteiger partial charge in [0.25, 0.3) is 5.91 Å². The van der Waals surface area contributed by atoms with Crippen molar-refractivity contribution >= 4 is 11.6 Å². The molecule has 5 heteroatoms. The van der Waals surface area contributed by atoms with Crippen LogP contribution in [-0.4, -0.2) is 20.1 Å². The van der Waals surface area contributed by atoms with Gasteiger partial charge < -0.3 is 15.4 Å². The third-order valence-corrected chi connectivity index (χ3v) is 3.29. The maximum absolute atomic E-state index is 14.0. The van der Waals surface area contributed by atoms with E-state index >= 15 is 0 Å². The average Bonchev–Trinajstić information content (AvgIpc) is 2.53. The summed E-state index contributed by atoms with van der Waals surface area (Å²) in [5.41, 5.74) is 7.05. The third-order valence-electron chi connectivity index (χ3n) is 3.29. The van der Waals surface area contributed by atoms with Gasteiger partial charge in [-0.15, -0.1) is 0 Å². The summed E-state index contributed by atoms with van der Waals surface area (Å²) in [6, 6.07) is 11.5. The Bertz CT molecular complexity index is 658. The predicted molar refractivity (Wildman–Crippen MR) is 80.0 cm³/mol. The lowest BCUT2D eigenvalue weighted by Crippen LogP contribution is -2.28. The van der Waals surface area contributed by atoms with Crippen LogP contribution in [-0.2, 0) is 6.54 Å². The van der Waals surface area contributed by atoms with Gasteiger partial charge in [-0.1, -0.05) is 24.3 Å². The number of para-hydroxylation sites is 1. The zero-order chi connectivity index (χ0) is 15.4. The van der Waals surface area contributed by atoms with Crippen molar-refractivity contribution in [2.75, 3.05) is 19.1 Å². The van der Waals surface area contributed by atoms with Crippen LogP contribution in [0.5, 0.6) is 5.75 Å². The van der Waals surface area contributed by atoms with Crippen LogP contribution in [0.25, 0.3) is 0 Å². The average molecular weight is 288 g/mol. The first-order chi connectivity index (χ1) is 10.1. The van der Waals surface area contributed by atoms with Crippen molar-refractivity contribution in [3.63, 3.8) is 0 Å². The Morgan fingerprint density at radius 1 is 1.24 bits per heavy atom. The lowest BCUT2D eigenvalue weighted by atomic mass is 10.1. The standard InChI is InChI=1S/C16H17FN2O2/c1-19(13-8-4-3-6-11(13)10-18)16(20)15-12(17)7-5-9-14(15)21-2/h3-9H,10,18H2,1-2H3. The SMILES string of the molecule is COc1cccc(F)c1C(=O)N(C)c1ccccc1CN. The molecule has 0 bridgehead atoms. The molecule has 0 fully saturated rings. The molecule has 0 aliphatic rings. The molecule has 21 heavy (non-hydrogen) atoms. The summed E-state index contributed by atoms with van der Waals surface area (Å²) >= 11 is 0.